The summed E-state index contributed by atoms with van der Waals surface area (Å²) in [5.74, 6) is -0.256. The molecule has 2 aromatic carbocycles. The van der Waals surface area contributed by atoms with Crippen molar-refractivity contribution in [1.82, 2.24) is 15.1 Å². The van der Waals surface area contributed by atoms with Crippen LogP contribution >= 0.6 is 11.8 Å². The van der Waals surface area contributed by atoms with Gasteiger partial charge in [0.2, 0.25) is 0 Å². The van der Waals surface area contributed by atoms with E-state index in [2.05, 4.69) is 47.9 Å². The topological polar surface area (TPSA) is 29.9 Å². The molecule has 1 atom stereocenters. The maximum atomic E-state index is 13.5. The summed E-state index contributed by atoms with van der Waals surface area (Å²) in [6, 6.07) is 15.2. The fraction of sp³-hybridized carbons (Fsp3) is 0.250. The van der Waals surface area contributed by atoms with Gasteiger partial charge in [0, 0.05) is 28.7 Å². The van der Waals surface area contributed by atoms with Gasteiger partial charge in [0.25, 0.3) is 0 Å². The van der Waals surface area contributed by atoms with Crippen LogP contribution in [0.15, 0.2) is 59.6 Å². The Labute approximate surface area is 152 Å². The summed E-state index contributed by atoms with van der Waals surface area (Å²) in [4.78, 5) is 1.27. The number of thioether (sulfide) groups is 1. The first-order chi connectivity index (χ1) is 12.1. The van der Waals surface area contributed by atoms with Crippen LogP contribution in [0.4, 0.5) is 4.39 Å². The van der Waals surface area contributed by atoms with Crippen molar-refractivity contribution in [2.45, 2.75) is 31.3 Å². The van der Waals surface area contributed by atoms with Crippen LogP contribution in [0.3, 0.4) is 0 Å². The van der Waals surface area contributed by atoms with E-state index < -0.39 is 0 Å². The summed E-state index contributed by atoms with van der Waals surface area (Å²) in [7, 11) is 0. The lowest BCUT2D eigenvalue weighted by molar-refractivity contribution is 0.571. The fourth-order valence-corrected chi connectivity index (χ4v) is 3.25. The Morgan fingerprint density at radius 2 is 1.96 bits per heavy atom. The number of nitrogens with one attached hydrogen (secondary N) is 1. The minimum Gasteiger partial charge on any atom is -0.306 e. The highest BCUT2D eigenvalue weighted by Gasteiger charge is 2.14. The van der Waals surface area contributed by atoms with Crippen LogP contribution in [0.2, 0.25) is 0 Å². The van der Waals surface area contributed by atoms with Crippen molar-refractivity contribution in [3.05, 3.63) is 77.4 Å². The van der Waals surface area contributed by atoms with Crippen molar-refractivity contribution < 1.29 is 4.39 Å². The van der Waals surface area contributed by atoms with Crippen molar-refractivity contribution in [2.75, 3.05) is 6.26 Å². The lowest BCUT2D eigenvalue weighted by Crippen LogP contribution is -2.18. The number of aromatic nitrogens is 2. The summed E-state index contributed by atoms with van der Waals surface area (Å²) in [5, 5.41) is 7.97. The molecule has 3 aromatic rings. The second kappa shape index (κ2) is 7.85. The molecule has 5 heteroatoms. The molecular weight excluding hydrogens is 333 g/mol. The third kappa shape index (κ3) is 4.11. The summed E-state index contributed by atoms with van der Waals surface area (Å²) < 4.78 is 15.2. The number of hydrogen-bond acceptors (Lipinski definition) is 3. The molecular formula is C20H22FN3S. The van der Waals surface area contributed by atoms with Crippen LogP contribution in [0.25, 0.3) is 5.69 Å². The Morgan fingerprint density at radius 3 is 2.64 bits per heavy atom. The molecule has 0 saturated carbocycles. The molecule has 25 heavy (non-hydrogen) atoms. The van der Waals surface area contributed by atoms with Gasteiger partial charge in [-0.25, -0.2) is 9.07 Å². The van der Waals surface area contributed by atoms with E-state index in [1.54, 1.807) is 22.5 Å². The van der Waals surface area contributed by atoms with Crippen LogP contribution in [-0.2, 0) is 6.54 Å². The van der Waals surface area contributed by atoms with E-state index >= 15 is 0 Å². The Hall–Kier alpha value is -2.11. The molecule has 0 saturated heterocycles. The van der Waals surface area contributed by atoms with Crippen molar-refractivity contribution in [3.63, 3.8) is 0 Å². The summed E-state index contributed by atoms with van der Waals surface area (Å²) >= 11 is 1.74. The van der Waals surface area contributed by atoms with Gasteiger partial charge in [0.1, 0.15) is 5.82 Å². The first kappa shape index (κ1) is 17.7. The summed E-state index contributed by atoms with van der Waals surface area (Å²) in [5.41, 5.74) is 4.12. The van der Waals surface area contributed by atoms with Crippen molar-refractivity contribution in [1.29, 1.82) is 0 Å². The Kier molecular flexibility index (Phi) is 5.56. The average Bonchev–Trinajstić information content (AvgIpc) is 3.01. The largest absolute Gasteiger partial charge is 0.306 e. The van der Waals surface area contributed by atoms with E-state index in [1.165, 1.54) is 22.6 Å². The normalized spacial score (nSPS) is 12.3. The van der Waals surface area contributed by atoms with Gasteiger partial charge in [-0.2, -0.15) is 5.10 Å². The standard InChI is InChI=1S/C20H22FN3S/c1-14(22-12-16-7-9-19(25-3)10-8-16)20-13-23-24(15(20)2)18-6-4-5-17(21)11-18/h4-11,13-14,22H,12H2,1-3H3/t14-/m1/s1. The predicted molar refractivity (Wildman–Crippen MR) is 102 cm³/mol. The van der Waals surface area contributed by atoms with Gasteiger partial charge in [-0.1, -0.05) is 18.2 Å². The molecule has 0 radical (unpaired) electrons. The summed E-state index contributed by atoms with van der Waals surface area (Å²) in [6.07, 6.45) is 3.93. The van der Waals surface area contributed by atoms with E-state index in [1.807, 2.05) is 19.2 Å². The molecule has 0 aliphatic carbocycles. The van der Waals surface area contributed by atoms with Gasteiger partial charge in [0.15, 0.2) is 0 Å². The van der Waals surface area contributed by atoms with Crippen LogP contribution in [0.5, 0.6) is 0 Å². The van der Waals surface area contributed by atoms with Crippen LogP contribution in [0.1, 0.15) is 29.8 Å². The molecule has 0 bridgehead atoms. The van der Waals surface area contributed by atoms with Crippen LogP contribution < -0.4 is 5.32 Å². The Bertz CT molecular complexity index is 842. The molecule has 130 valence electrons. The second-order valence-electron chi connectivity index (χ2n) is 6.03. The minimum atomic E-state index is -0.256. The van der Waals surface area contributed by atoms with E-state index in [0.29, 0.717) is 0 Å². The zero-order chi connectivity index (χ0) is 17.8. The van der Waals surface area contributed by atoms with Gasteiger partial charge in [-0.05, 0) is 56.0 Å². The molecule has 0 aliphatic heterocycles. The van der Waals surface area contributed by atoms with E-state index in [0.717, 1.165) is 23.5 Å². The van der Waals surface area contributed by atoms with Crippen molar-refractivity contribution in [2.24, 2.45) is 0 Å². The van der Waals surface area contributed by atoms with Gasteiger partial charge in [-0.3, -0.25) is 0 Å². The lowest BCUT2D eigenvalue weighted by atomic mass is 10.1. The predicted octanol–water partition coefficient (Wildman–Crippen LogP) is 4.89. The smallest absolute Gasteiger partial charge is 0.125 e. The molecule has 0 aliphatic rings. The van der Waals surface area contributed by atoms with Crippen molar-refractivity contribution in [3.8, 4) is 5.69 Å². The molecule has 0 unspecified atom stereocenters. The zero-order valence-electron chi connectivity index (χ0n) is 14.7. The lowest BCUT2D eigenvalue weighted by Gasteiger charge is -2.14. The third-order valence-corrected chi connectivity index (χ3v) is 5.08. The molecule has 1 heterocycles. The molecule has 0 spiro atoms. The third-order valence-electron chi connectivity index (χ3n) is 4.34. The van der Waals surface area contributed by atoms with Gasteiger partial charge in [0.05, 0.1) is 11.9 Å². The molecule has 3 nitrogen and oxygen atoms in total. The number of hydrogen-bond donors (Lipinski definition) is 1. The van der Waals surface area contributed by atoms with E-state index in [9.17, 15) is 4.39 Å². The van der Waals surface area contributed by atoms with E-state index in [4.69, 9.17) is 0 Å². The highest BCUT2D eigenvalue weighted by molar-refractivity contribution is 7.98. The summed E-state index contributed by atoms with van der Waals surface area (Å²) in [6.45, 7) is 4.93. The van der Waals surface area contributed by atoms with Crippen LogP contribution in [-0.4, -0.2) is 16.0 Å². The average molecular weight is 355 g/mol. The maximum Gasteiger partial charge on any atom is 0.125 e. The quantitative estimate of drug-likeness (QED) is 0.638. The Balaban J connectivity index is 1.71. The SMILES string of the molecule is CSc1ccc(CN[C@H](C)c2cnn(-c3cccc(F)c3)c2C)cc1. The number of rotatable bonds is 6. The minimum absolute atomic E-state index is 0.155. The molecule has 0 fully saturated rings. The molecule has 1 aromatic heterocycles. The molecule has 1 N–H and O–H groups in total. The first-order valence-electron chi connectivity index (χ1n) is 8.25. The molecule has 0 amide bonds. The van der Waals surface area contributed by atoms with Gasteiger partial charge >= 0.3 is 0 Å². The van der Waals surface area contributed by atoms with Gasteiger partial charge in [-0.15, -0.1) is 11.8 Å². The van der Waals surface area contributed by atoms with Crippen LogP contribution in [0, 0.1) is 12.7 Å². The zero-order valence-corrected chi connectivity index (χ0v) is 15.5. The number of halogens is 1. The molecule has 3 rings (SSSR count). The van der Waals surface area contributed by atoms with Gasteiger partial charge < -0.3 is 5.32 Å². The highest BCUT2D eigenvalue weighted by Crippen LogP contribution is 2.21. The number of benzene rings is 2. The Morgan fingerprint density at radius 1 is 1.20 bits per heavy atom. The second-order valence-corrected chi connectivity index (χ2v) is 6.91. The highest BCUT2D eigenvalue weighted by atomic mass is 32.2. The fourth-order valence-electron chi connectivity index (χ4n) is 2.84. The van der Waals surface area contributed by atoms with E-state index in [-0.39, 0.29) is 11.9 Å². The van der Waals surface area contributed by atoms with Crippen molar-refractivity contribution >= 4 is 11.8 Å². The first-order valence-corrected chi connectivity index (χ1v) is 9.47. The number of nitrogens with zero attached hydrogens (tertiary/aromatic N) is 2. The monoisotopic (exact) mass is 355 g/mol. The maximum absolute atomic E-state index is 13.5.